The van der Waals surface area contributed by atoms with Crippen LogP contribution in [0.15, 0.2) is 0 Å². The highest BCUT2D eigenvalue weighted by Crippen LogP contribution is 2.25. The van der Waals surface area contributed by atoms with Gasteiger partial charge in [0.1, 0.15) is 0 Å². The van der Waals surface area contributed by atoms with Gasteiger partial charge in [-0.2, -0.15) is 0 Å². The maximum atomic E-state index is 4.98. The lowest BCUT2D eigenvalue weighted by Crippen LogP contribution is -2.24. The molecule has 0 aromatic carbocycles. The number of hydrogen-bond acceptors (Lipinski definition) is 1. The molecule has 0 heterocycles. The summed E-state index contributed by atoms with van der Waals surface area (Å²) in [4.78, 5) is 0.454. The molecule has 0 fully saturated rings. The van der Waals surface area contributed by atoms with E-state index in [2.05, 4.69) is 36.7 Å². The zero-order valence-corrected chi connectivity index (χ0v) is 8.16. The van der Waals surface area contributed by atoms with Gasteiger partial charge in [-0.15, -0.1) is 0 Å². The maximum absolute atomic E-state index is 4.98. The SMILES string of the molecule is COCC(Br)C(C)(C)C. The highest BCUT2D eigenvalue weighted by atomic mass is 79.9. The van der Waals surface area contributed by atoms with E-state index in [0.717, 1.165) is 6.61 Å². The molecule has 9 heavy (non-hydrogen) atoms. The third kappa shape index (κ3) is 3.93. The molecule has 1 atom stereocenters. The van der Waals surface area contributed by atoms with Crippen molar-refractivity contribution >= 4 is 15.9 Å². The second-order valence-electron chi connectivity index (χ2n) is 3.29. The van der Waals surface area contributed by atoms with Crippen LogP contribution in [-0.4, -0.2) is 18.5 Å². The Morgan fingerprint density at radius 3 is 2.00 bits per heavy atom. The van der Waals surface area contributed by atoms with E-state index >= 15 is 0 Å². The van der Waals surface area contributed by atoms with E-state index in [0.29, 0.717) is 10.2 Å². The van der Waals surface area contributed by atoms with Crippen molar-refractivity contribution in [3.63, 3.8) is 0 Å². The fraction of sp³-hybridized carbons (Fsp3) is 1.00. The lowest BCUT2D eigenvalue weighted by molar-refractivity contribution is 0.169. The van der Waals surface area contributed by atoms with Crippen molar-refractivity contribution in [3.05, 3.63) is 0 Å². The number of methoxy groups -OCH3 is 1. The number of alkyl halides is 1. The fourth-order valence-electron chi connectivity index (χ4n) is 0.396. The Bertz CT molecular complexity index is 75.5. The molecule has 0 rings (SSSR count). The van der Waals surface area contributed by atoms with E-state index in [1.807, 2.05) is 0 Å². The summed E-state index contributed by atoms with van der Waals surface area (Å²) in [5, 5.41) is 0. The molecular formula is C7H15BrO. The number of hydrogen-bond donors (Lipinski definition) is 0. The Kier molecular flexibility index (Phi) is 3.74. The van der Waals surface area contributed by atoms with Crippen LogP contribution >= 0.6 is 15.9 Å². The summed E-state index contributed by atoms with van der Waals surface area (Å²) in [5.41, 5.74) is 0.302. The summed E-state index contributed by atoms with van der Waals surface area (Å²) in [6.07, 6.45) is 0. The van der Waals surface area contributed by atoms with Gasteiger partial charge in [0.05, 0.1) is 6.61 Å². The molecule has 1 unspecified atom stereocenters. The van der Waals surface area contributed by atoms with E-state index in [1.54, 1.807) is 7.11 Å². The van der Waals surface area contributed by atoms with Crippen molar-refractivity contribution in [1.82, 2.24) is 0 Å². The van der Waals surface area contributed by atoms with Gasteiger partial charge in [0.2, 0.25) is 0 Å². The van der Waals surface area contributed by atoms with Gasteiger partial charge in [0.15, 0.2) is 0 Å². The van der Waals surface area contributed by atoms with Gasteiger partial charge >= 0.3 is 0 Å². The third-order valence-electron chi connectivity index (χ3n) is 1.25. The topological polar surface area (TPSA) is 9.23 Å². The smallest absolute Gasteiger partial charge is 0.0592 e. The third-order valence-corrected chi connectivity index (χ3v) is 2.89. The molecule has 0 saturated carbocycles. The summed E-state index contributed by atoms with van der Waals surface area (Å²) < 4.78 is 4.98. The minimum absolute atomic E-state index is 0.302. The van der Waals surface area contributed by atoms with Crippen LogP contribution in [0.3, 0.4) is 0 Å². The quantitative estimate of drug-likeness (QED) is 0.615. The van der Waals surface area contributed by atoms with Crippen molar-refractivity contribution < 1.29 is 4.74 Å². The van der Waals surface area contributed by atoms with Gasteiger partial charge in [0, 0.05) is 11.9 Å². The van der Waals surface area contributed by atoms with Crippen molar-refractivity contribution in [2.24, 2.45) is 5.41 Å². The Labute approximate surface area is 65.9 Å². The van der Waals surface area contributed by atoms with Gasteiger partial charge in [-0.05, 0) is 5.41 Å². The van der Waals surface area contributed by atoms with E-state index in [-0.39, 0.29) is 0 Å². The highest BCUT2D eigenvalue weighted by molar-refractivity contribution is 9.09. The molecular weight excluding hydrogens is 180 g/mol. The Morgan fingerprint density at radius 1 is 1.44 bits per heavy atom. The summed E-state index contributed by atoms with van der Waals surface area (Å²) in [6, 6.07) is 0. The number of halogens is 1. The number of rotatable bonds is 2. The number of ether oxygens (including phenoxy) is 1. The first-order valence-corrected chi connectivity index (χ1v) is 4.03. The van der Waals surface area contributed by atoms with Crippen LogP contribution in [0, 0.1) is 5.41 Å². The molecule has 2 heteroatoms. The molecule has 0 spiro atoms. The van der Waals surface area contributed by atoms with Crippen LogP contribution in [0.1, 0.15) is 20.8 Å². The van der Waals surface area contributed by atoms with Crippen molar-refractivity contribution in [2.45, 2.75) is 25.6 Å². The highest BCUT2D eigenvalue weighted by Gasteiger charge is 2.20. The lowest BCUT2D eigenvalue weighted by Gasteiger charge is -2.24. The second kappa shape index (κ2) is 3.57. The normalized spacial score (nSPS) is 15.7. The first kappa shape index (κ1) is 9.44. The lowest BCUT2D eigenvalue weighted by atomic mass is 9.93. The minimum Gasteiger partial charge on any atom is -0.384 e. The molecule has 56 valence electrons. The average Bonchev–Trinajstić information content (AvgIpc) is 1.64. The predicted molar refractivity (Wildman–Crippen MR) is 44.0 cm³/mol. The summed E-state index contributed by atoms with van der Waals surface area (Å²) >= 11 is 3.53. The molecule has 0 N–H and O–H groups in total. The first-order valence-electron chi connectivity index (χ1n) is 3.11. The summed E-state index contributed by atoms with van der Waals surface area (Å²) in [7, 11) is 1.72. The Hall–Kier alpha value is 0.440. The molecule has 0 aromatic rings. The molecule has 0 saturated heterocycles. The van der Waals surface area contributed by atoms with Gasteiger partial charge < -0.3 is 4.74 Å². The van der Waals surface area contributed by atoms with Crippen LogP contribution in [-0.2, 0) is 4.74 Å². The zero-order valence-electron chi connectivity index (χ0n) is 6.57. The standard InChI is InChI=1S/C7H15BrO/c1-7(2,3)6(8)5-9-4/h6H,5H2,1-4H3. The van der Waals surface area contributed by atoms with Gasteiger partial charge in [-0.3, -0.25) is 0 Å². The molecule has 0 aliphatic rings. The van der Waals surface area contributed by atoms with Crippen molar-refractivity contribution in [2.75, 3.05) is 13.7 Å². The van der Waals surface area contributed by atoms with Crippen LogP contribution in [0.25, 0.3) is 0 Å². The van der Waals surface area contributed by atoms with Gasteiger partial charge in [0.25, 0.3) is 0 Å². The monoisotopic (exact) mass is 194 g/mol. The van der Waals surface area contributed by atoms with Crippen LogP contribution in [0.2, 0.25) is 0 Å². The molecule has 0 aliphatic carbocycles. The second-order valence-corrected chi connectivity index (χ2v) is 4.39. The van der Waals surface area contributed by atoms with E-state index in [9.17, 15) is 0 Å². The van der Waals surface area contributed by atoms with E-state index in [4.69, 9.17) is 4.74 Å². The van der Waals surface area contributed by atoms with E-state index < -0.39 is 0 Å². The Balaban J connectivity index is 3.59. The molecule has 0 aliphatic heterocycles. The zero-order chi connectivity index (χ0) is 7.49. The average molecular weight is 195 g/mol. The van der Waals surface area contributed by atoms with E-state index in [1.165, 1.54) is 0 Å². The largest absolute Gasteiger partial charge is 0.384 e. The van der Waals surface area contributed by atoms with Gasteiger partial charge in [-0.1, -0.05) is 36.7 Å². The van der Waals surface area contributed by atoms with Crippen molar-refractivity contribution in [3.8, 4) is 0 Å². The van der Waals surface area contributed by atoms with Crippen molar-refractivity contribution in [1.29, 1.82) is 0 Å². The predicted octanol–water partition coefficient (Wildman–Crippen LogP) is 2.44. The van der Waals surface area contributed by atoms with Crippen LogP contribution in [0.4, 0.5) is 0 Å². The molecule has 0 radical (unpaired) electrons. The maximum Gasteiger partial charge on any atom is 0.0592 e. The molecule has 0 aromatic heterocycles. The molecule has 0 amide bonds. The minimum atomic E-state index is 0.302. The molecule has 0 bridgehead atoms. The van der Waals surface area contributed by atoms with Crippen LogP contribution in [0.5, 0.6) is 0 Å². The Morgan fingerprint density at radius 2 is 1.89 bits per heavy atom. The molecule has 1 nitrogen and oxygen atoms in total. The van der Waals surface area contributed by atoms with Crippen LogP contribution < -0.4 is 0 Å². The van der Waals surface area contributed by atoms with Gasteiger partial charge in [-0.25, -0.2) is 0 Å². The first-order chi connectivity index (χ1) is 3.98. The fourth-order valence-corrected chi connectivity index (χ4v) is 0.661. The summed E-state index contributed by atoms with van der Waals surface area (Å²) in [5.74, 6) is 0. The summed E-state index contributed by atoms with van der Waals surface area (Å²) in [6.45, 7) is 7.34.